The minimum Gasteiger partial charge on any atom is -0.388 e. The minimum absolute atomic E-state index is 0.134. The highest BCUT2D eigenvalue weighted by Gasteiger charge is 2.27. The Labute approximate surface area is 86.8 Å². The van der Waals surface area contributed by atoms with Gasteiger partial charge in [-0.3, -0.25) is 0 Å². The molecular weight excluding hydrogens is 172 g/mol. The molecule has 0 aromatic heterocycles. The first kappa shape index (κ1) is 11.3. The van der Waals surface area contributed by atoms with Crippen LogP contribution >= 0.6 is 0 Å². The number of aliphatic hydroxyl groups excluding tert-OH is 1. The third kappa shape index (κ3) is 2.58. The van der Waals surface area contributed by atoms with Crippen LogP contribution in [-0.2, 0) is 0 Å². The van der Waals surface area contributed by atoms with Crippen molar-refractivity contribution >= 4 is 0 Å². The van der Waals surface area contributed by atoms with Gasteiger partial charge in [0.2, 0.25) is 0 Å². The average Bonchev–Trinajstić information content (AvgIpc) is 2.15. The van der Waals surface area contributed by atoms with Gasteiger partial charge in [-0.05, 0) is 16.9 Å². The van der Waals surface area contributed by atoms with Gasteiger partial charge in [0.15, 0.2) is 0 Å². The van der Waals surface area contributed by atoms with Gasteiger partial charge in [-0.25, -0.2) is 0 Å². The number of benzene rings is 1. The van der Waals surface area contributed by atoms with Crippen molar-refractivity contribution in [1.82, 2.24) is 0 Å². The fraction of sp³-hybridized carbons (Fsp3) is 0.538. The van der Waals surface area contributed by atoms with Crippen molar-refractivity contribution in [1.29, 1.82) is 0 Å². The van der Waals surface area contributed by atoms with E-state index in [1.165, 1.54) is 0 Å². The maximum atomic E-state index is 10.1. The molecule has 1 aromatic carbocycles. The Bertz CT molecular complexity index is 271. The van der Waals surface area contributed by atoms with Crippen molar-refractivity contribution < 1.29 is 5.11 Å². The van der Waals surface area contributed by atoms with E-state index in [2.05, 4.69) is 27.7 Å². The zero-order valence-corrected chi connectivity index (χ0v) is 9.49. The van der Waals surface area contributed by atoms with Crippen LogP contribution in [0.5, 0.6) is 0 Å². The summed E-state index contributed by atoms with van der Waals surface area (Å²) in [5.41, 5.74) is 1.14. The number of hydrogen-bond acceptors (Lipinski definition) is 1. The summed E-state index contributed by atoms with van der Waals surface area (Å²) in [6.07, 6.45) is -0.365. The summed E-state index contributed by atoms with van der Waals surface area (Å²) in [5, 5.41) is 10.1. The predicted molar refractivity (Wildman–Crippen MR) is 60.0 cm³/mol. The third-order valence-electron chi connectivity index (χ3n) is 2.98. The topological polar surface area (TPSA) is 20.2 Å². The normalized spacial score (nSPS) is 16.4. The summed E-state index contributed by atoms with van der Waals surface area (Å²) in [4.78, 5) is 0. The largest absolute Gasteiger partial charge is 0.388 e. The Morgan fingerprint density at radius 1 is 1.07 bits per heavy atom. The van der Waals surface area contributed by atoms with Crippen molar-refractivity contribution in [2.24, 2.45) is 11.3 Å². The Kier molecular flexibility index (Phi) is 3.33. The molecule has 0 aliphatic rings. The summed E-state index contributed by atoms with van der Waals surface area (Å²) < 4.78 is 0. The molecule has 0 spiro atoms. The van der Waals surface area contributed by atoms with E-state index in [1.807, 2.05) is 30.3 Å². The van der Waals surface area contributed by atoms with Crippen LogP contribution in [0, 0.1) is 11.3 Å². The van der Waals surface area contributed by atoms with Gasteiger partial charge in [0.05, 0.1) is 6.10 Å². The monoisotopic (exact) mass is 192 g/mol. The highest BCUT2D eigenvalue weighted by atomic mass is 16.3. The van der Waals surface area contributed by atoms with E-state index in [0.29, 0.717) is 0 Å². The lowest BCUT2D eigenvalue weighted by Crippen LogP contribution is -2.24. The molecule has 0 fully saturated rings. The molecule has 0 saturated heterocycles. The van der Waals surface area contributed by atoms with Crippen molar-refractivity contribution in [3.05, 3.63) is 35.9 Å². The Morgan fingerprint density at radius 2 is 1.57 bits per heavy atom. The van der Waals surface area contributed by atoms with Crippen molar-refractivity contribution in [2.45, 2.75) is 33.8 Å². The molecule has 2 atom stereocenters. The molecule has 0 amide bonds. The quantitative estimate of drug-likeness (QED) is 0.761. The van der Waals surface area contributed by atoms with Gasteiger partial charge < -0.3 is 5.11 Å². The molecule has 0 aliphatic carbocycles. The lowest BCUT2D eigenvalue weighted by Gasteiger charge is -2.31. The van der Waals surface area contributed by atoms with Gasteiger partial charge in [0.25, 0.3) is 0 Å². The molecule has 1 nitrogen and oxygen atoms in total. The summed E-state index contributed by atoms with van der Waals surface area (Å²) in [5.74, 6) is 0.255. The summed E-state index contributed by atoms with van der Waals surface area (Å²) in [7, 11) is 0. The fourth-order valence-corrected chi connectivity index (χ4v) is 1.41. The number of rotatable bonds is 2. The maximum absolute atomic E-state index is 10.1. The van der Waals surface area contributed by atoms with Crippen molar-refractivity contribution in [3.63, 3.8) is 0 Å². The summed E-state index contributed by atoms with van der Waals surface area (Å²) in [6.45, 7) is 8.56. The van der Waals surface area contributed by atoms with Gasteiger partial charge in [0, 0.05) is 0 Å². The SMILES string of the molecule is C[C@H]([C@H](O)c1ccccc1)C(C)(C)C. The van der Waals surface area contributed by atoms with Crippen LogP contribution in [0.2, 0.25) is 0 Å². The molecule has 0 aliphatic heterocycles. The minimum atomic E-state index is -0.365. The van der Waals surface area contributed by atoms with Gasteiger partial charge >= 0.3 is 0 Å². The second-order valence-corrected chi connectivity index (χ2v) is 5.01. The Hall–Kier alpha value is -0.820. The highest BCUT2D eigenvalue weighted by Crippen LogP contribution is 2.35. The molecule has 0 unspecified atom stereocenters. The molecule has 0 radical (unpaired) electrons. The van der Waals surface area contributed by atoms with E-state index in [-0.39, 0.29) is 17.4 Å². The predicted octanol–water partition coefficient (Wildman–Crippen LogP) is 3.40. The fourth-order valence-electron chi connectivity index (χ4n) is 1.41. The van der Waals surface area contributed by atoms with E-state index in [4.69, 9.17) is 0 Å². The summed E-state index contributed by atoms with van der Waals surface area (Å²) >= 11 is 0. The van der Waals surface area contributed by atoms with Crippen LogP contribution in [0.4, 0.5) is 0 Å². The maximum Gasteiger partial charge on any atom is 0.0820 e. The molecule has 78 valence electrons. The molecule has 1 heteroatoms. The van der Waals surface area contributed by atoms with E-state index in [1.54, 1.807) is 0 Å². The van der Waals surface area contributed by atoms with Gasteiger partial charge in [0.1, 0.15) is 0 Å². The first-order valence-corrected chi connectivity index (χ1v) is 5.16. The van der Waals surface area contributed by atoms with Crippen LogP contribution in [0.3, 0.4) is 0 Å². The van der Waals surface area contributed by atoms with Crippen molar-refractivity contribution in [3.8, 4) is 0 Å². The Balaban J connectivity index is 2.81. The van der Waals surface area contributed by atoms with Crippen LogP contribution in [0.1, 0.15) is 39.4 Å². The molecule has 0 bridgehead atoms. The van der Waals surface area contributed by atoms with E-state index in [0.717, 1.165) is 5.56 Å². The molecule has 14 heavy (non-hydrogen) atoms. The molecule has 0 heterocycles. The van der Waals surface area contributed by atoms with E-state index >= 15 is 0 Å². The standard InChI is InChI=1S/C13H20O/c1-10(13(2,3)4)12(14)11-8-6-5-7-9-11/h5-10,12,14H,1-4H3/t10-,12+/m1/s1. The lowest BCUT2D eigenvalue weighted by molar-refractivity contribution is 0.0535. The third-order valence-corrected chi connectivity index (χ3v) is 2.98. The van der Waals surface area contributed by atoms with Crippen LogP contribution in [0.25, 0.3) is 0 Å². The van der Waals surface area contributed by atoms with Crippen LogP contribution < -0.4 is 0 Å². The second-order valence-electron chi connectivity index (χ2n) is 5.01. The van der Waals surface area contributed by atoms with E-state index < -0.39 is 0 Å². The molecule has 1 aromatic rings. The van der Waals surface area contributed by atoms with Gasteiger partial charge in [-0.1, -0.05) is 58.0 Å². The lowest BCUT2D eigenvalue weighted by atomic mass is 9.77. The van der Waals surface area contributed by atoms with Gasteiger partial charge in [-0.2, -0.15) is 0 Å². The average molecular weight is 192 g/mol. The van der Waals surface area contributed by atoms with E-state index in [9.17, 15) is 5.11 Å². The first-order chi connectivity index (χ1) is 6.43. The highest BCUT2D eigenvalue weighted by molar-refractivity contribution is 5.18. The molecule has 1 N–H and O–H groups in total. The molecule has 1 rings (SSSR count). The first-order valence-electron chi connectivity index (χ1n) is 5.16. The number of hydrogen-bond donors (Lipinski definition) is 1. The van der Waals surface area contributed by atoms with Gasteiger partial charge in [-0.15, -0.1) is 0 Å². The van der Waals surface area contributed by atoms with Crippen LogP contribution in [-0.4, -0.2) is 5.11 Å². The molecular formula is C13H20O. The second kappa shape index (κ2) is 4.14. The van der Waals surface area contributed by atoms with Crippen LogP contribution in [0.15, 0.2) is 30.3 Å². The Morgan fingerprint density at radius 3 is 2.00 bits per heavy atom. The molecule has 0 saturated carbocycles. The summed E-state index contributed by atoms with van der Waals surface area (Å²) in [6, 6.07) is 9.86. The zero-order chi connectivity index (χ0) is 10.8. The smallest absolute Gasteiger partial charge is 0.0820 e. The number of aliphatic hydroxyl groups is 1. The zero-order valence-electron chi connectivity index (χ0n) is 9.49. The van der Waals surface area contributed by atoms with Crippen molar-refractivity contribution in [2.75, 3.05) is 0 Å².